The van der Waals surface area contributed by atoms with Crippen molar-refractivity contribution in [1.29, 1.82) is 0 Å². The highest BCUT2D eigenvalue weighted by atomic mass is 79.9. The van der Waals surface area contributed by atoms with Crippen molar-refractivity contribution in [3.8, 4) is 17.2 Å². The molecule has 4 nitrogen and oxygen atoms in total. The maximum Gasteiger partial charge on any atom is 0.130 e. The van der Waals surface area contributed by atoms with E-state index in [1.807, 2.05) is 60.7 Å². The fourth-order valence-electron chi connectivity index (χ4n) is 3.19. The van der Waals surface area contributed by atoms with Gasteiger partial charge in [0.25, 0.3) is 0 Å². The Morgan fingerprint density at radius 3 is 2.50 bits per heavy atom. The van der Waals surface area contributed by atoms with Gasteiger partial charge < -0.3 is 14.8 Å². The van der Waals surface area contributed by atoms with E-state index >= 15 is 0 Å². The van der Waals surface area contributed by atoms with Crippen LogP contribution in [0.1, 0.15) is 16.8 Å². The summed E-state index contributed by atoms with van der Waals surface area (Å²) in [5.41, 5.74) is 2.98. The number of pyridine rings is 1. The van der Waals surface area contributed by atoms with Gasteiger partial charge in [-0.05, 0) is 60.2 Å². The normalized spacial score (nSPS) is 10.7. The van der Waals surface area contributed by atoms with Crippen LogP contribution in [0.25, 0.3) is 0 Å². The number of benzene rings is 3. The van der Waals surface area contributed by atoms with Crippen LogP contribution in [-0.4, -0.2) is 4.98 Å². The van der Waals surface area contributed by atoms with Gasteiger partial charge in [-0.15, -0.1) is 0 Å². The fourth-order valence-corrected chi connectivity index (χ4v) is 3.60. The Labute approximate surface area is 195 Å². The van der Waals surface area contributed by atoms with Crippen LogP contribution in [0.3, 0.4) is 0 Å². The van der Waals surface area contributed by atoms with Gasteiger partial charge >= 0.3 is 0 Å². The minimum atomic E-state index is -0.324. The highest BCUT2D eigenvalue weighted by molar-refractivity contribution is 9.10. The molecule has 0 bridgehead atoms. The molecule has 0 amide bonds. The number of halogens is 2. The molecule has 0 aliphatic carbocycles. The van der Waals surface area contributed by atoms with E-state index in [4.69, 9.17) is 9.47 Å². The van der Waals surface area contributed by atoms with Crippen LogP contribution >= 0.6 is 15.9 Å². The Kier molecular flexibility index (Phi) is 7.48. The molecule has 0 fully saturated rings. The van der Waals surface area contributed by atoms with E-state index in [0.717, 1.165) is 27.0 Å². The van der Waals surface area contributed by atoms with Gasteiger partial charge in [-0.2, -0.15) is 0 Å². The second kappa shape index (κ2) is 10.9. The van der Waals surface area contributed by atoms with Gasteiger partial charge in [-0.3, -0.25) is 4.98 Å². The number of nitrogens with zero attached hydrogens (tertiary/aromatic N) is 1. The van der Waals surface area contributed by atoms with Crippen LogP contribution in [0.15, 0.2) is 95.6 Å². The van der Waals surface area contributed by atoms with Gasteiger partial charge in [-0.1, -0.05) is 40.2 Å². The maximum absolute atomic E-state index is 13.4. The minimum absolute atomic E-state index is 0.324. The van der Waals surface area contributed by atoms with Crippen molar-refractivity contribution in [1.82, 2.24) is 10.3 Å². The van der Waals surface area contributed by atoms with Gasteiger partial charge in [0.15, 0.2) is 0 Å². The summed E-state index contributed by atoms with van der Waals surface area (Å²) in [5, 5.41) is 3.45. The molecule has 0 atom stereocenters. The van der Waals surface area contributed by atoms with E-state index < -0.39 is 0 Å². The SMILES string of the molecule is Fc1cccc(Oc2cccc(CNCc3cc(Br)ccc3OCc3ccccn3)c2)c1. The Morgan fingerprint density at radius 2 is 1.69 bits per heavy atom. The van der Waals surface area contributed by atoms with Crippen LogP contribution in [0, 0.1) is 5.82 Å². The van der Waals surface area contributed by atoms with Crippen molar-refractivity contribution in [3.05, 3.63) is 118 Å². The highest BCUT2D eigenvalue weighted by Gasteiger charge is 2.07. The average molecular weight is 493 g/mol. The molecular formula is C26H22BrFN2O2. The van der Waals surface area contributed by atoms with Crippen molar-refractivity contribution in [3.63, 3.8) is 0 Å². The van der Waals surface area contributed by atoms with E-state index in [2.05, 4.69) is 26.2 Å². The summed E-state index contributed by atoms with van der Waals surface area (Å²) < 4.78 is 26.1. The zero-order valence-corrected chi connectivity index (χ0v) is 18.9. The topological polar surface area (TPSA) is 43.4 Å². The number of ether oxygens (including phenoxy) is 2. The number of hydrogen-bond donors (Lipinski definition) is 1. The summed E-state index contributed by atoms with van der Waals surface area (Å²) in [7, 11) is 0. The summed E-state index contributed by atoms with van der Waals surface area (Å²) >= 11 is 3.54. The quantitative estimate of drug-likeness (QED) is 0.284. The monoisotopic (exact) mass is 492 g/mol. The largest absolute Gasteiger partial charge is 0.487 e. The number of rotatable bonds is 9. The first-order valence-corrected chi connectivity index (χ1v) is 11.0. The van der Waals surface area contributed by atoms with Crippen molar-refractivity contribution in [2.75, 3.05) is 0 Å². The van der Waals surface area contributed by atoms with Crippen molar-refractivity contribution >= 4 is 15.9 Å². The zero-order valence-electron chi connectivity index (χ0n) is 17.3. The summed E-state index contributed by atoms with van der Waals surface area (Å²) in [4.78, 5) is 4.30. The third-order valence-corrected chi connectivity index (χ3v) is 5.19. The first-order chi connectivity index (χ1) is 15.7. The van der Waals surface area contributed by atoms with Gasteiger partial charge in [0.1, 0.15) is 29.7 Å². The Hall–Kier alpha value is -3.22. The van der Waals surface area contributed by atoms with Crippen molar-refractivity contribution in [2.24, 2.45) is 0 Å². The molecular weight excluding hydrogens is 471 g/mol. The average Bonchev–Trinajstić information content (AvgIpc) is 2.80. The third kappa shape index (κ3) is 6.39. The number of aromatic nitrogens is 1. The molecule has 0 spiro atoms. The molecule has 1 heterocycles. The second-order valence-corrected chi connectivity index (χ2v) is 8.09. The molecule has 6 heteroatoms. The van der Waals surface area contributed by atoms with Crippen LogP contribution in [0.2, 0.25) is 0 Å². The maximum atomic E-state index is 13.4. The molecule has 32 heavy (non-hydrogen) atoms. The first-order valence-electron chi connectivity index (χ1n) is 10.2. The van der Waals surface area contributed by atoms with Crippen LogP contribution < -0.4 is 14.8 Å². The Bertz CT molecular complexity index is 1170. The number of hydrogen-bond acceptors (Lipinski definition) is 4. The molecule has 4 aromatic rings. The lowest BCUT2D eigenvalue weighted by molar-refractivity contribution is 0.297. The predicted molar refractivity (Wildman–Crippen MR) is 126 cm³/mol. The van der Waals surface area contributed by atoms with E-state index in [0.29, 0.717) is 31.2 Å². The summed E-state index contributed by atoms with van der Waals surface area (Å²) in [6, 6.07) is 25.6. The van der Waals surface area contributed by atoms with Gasteiger partial charge in [0, 0.05) is 35.4 Å². The molecule has 0 saturated heterocycles. The van der Waals surface area contributed by atoms with Crippen LogP contribution in [-0.2, 0) is 19.7 Å². The highest BCUT2D eigenvalue weighted by Crippen LogP contribution is 2.25. The minimum Gasteiger partial charge on any atom is -0.487 e. The van der Waals surface area contributed by atoms with Crippen LogP contribution in [0.5, 0.6) is 17.2 Å². The summed E-state index contributed by atoms with van der Waals surface area (Å²) in [6.07, 6.45) is 1.76. The Morgan fingerprint density at radius 1 is 0.844 bits per heavy atom. The number of nitrogens with one attached hydrogen (secondary N) is 1. The lowest BCUT2D eigenvalue weighted by atomic mass is 10.1. The van der Waals surface area contributed by atoms with Crippen molar-refractivity contribution in [2.45, 2.75) is 19.7 Å². The smallest absolute Gasteiger partial charge is 0.130 e. The van der Waals surface area contributed by atoms with Gasteiger partial charge in [-0.25, -0.2) is 4.39 Å². The molecule has 1 N–H and O–H groups in total. The summed E-state index contributed by atoms with van der Waals surface area (Å²) in [6.45, 7) is 1.69. The zero-order chi connectivity index (χ0) is 22.2. The molecule has 0 radical (unpaired) electrons. The molecule has 0 saturated carbocycles. The second-order valence-electron chi connectivity index (χ2n) is 7.17. The van der Waals surface area contributed by atoms with Crippen molar-refractivity contribution < 1.29 is 13.9 Å². The molecule has 0 unspecified atom stereocenters. The standard InChI is InChI=1S/C26H22BrFN2O2/c27-21-10-11-26(31-18-23-7-1-2-12-30-23)20(14-21)17-29-16-19-5-3-8-24(13-19)32-25-9-4-6-22(28)15-25/h1-15,29H,16-18H2. The lowest BCUT2D eigenvalue weighted by Crippen LogP contribution is -2.14. The van der Waals surface area contributed by atoms with E-state index in [9.17, 15) is 4.39 Å². The molecule has 0 aliphatic heterocycles. The summed E-state index contributed by atoms with van der Waals surface area (Å²) in [5.74, 6) is 1.63. The third-order valence-electron chi connectivity index (χ3n) is 4.70. The fraction of sp³-hybridized carbons (Fsp3) is 0.115. The van der Waals surface area contributed by atoms with Gasteiger partial charge in [0.05, 0.1) is 5.69 Å². The lowest BCUT2D eigenvalue weighted by Gasteiger charge is -2.13. The molecule has 162 valence electrons. The van der Waals surface area contributed by atoms with Gasteiger partial charge in [0.2, 0.25) is 0 Å². The molecule has 0 aliphatic rings. The Balaban J connectivity index is 1.36. The molecule has 1 aromatic heterocycles. The predicted octanol–water partition coefficient (Wildman–Crippen LogP) is 6.64. The molecule has 3 aromatic carbocycles. The van der Waals surface area contributed by atoms with E-state index in [-0.39, 0.29) is 5.82 Å². The van der Waals surface area contributed by atoms with E-state index in [1.54, 1.807) is 18.3 Å². The molecule has 4 rings (SSSR count). The van der Waals surface area contributed by atoms with Crippen LogP contribution in [0.4, 0.5) is 4.39 Å². The first kappa shape index (κ1) is 22.0. The van der Waals surface area contributed by atoms with E-state index in [1.165, 1.54) is 12.1 Å².